The van der Waals surface area contributed by atoms with E-state index in [0.717, 1.165) is 15.9 Å². The van der Waals surface area contributed by atoms with Crippen molar-refractivity contribution >= 4 is 21.7 Å². The lowest BCUT2D eigenvalue weighted by Gasteiger charge is -2.06. The van der Waals surface area contributed by atoms with Gasteiger partial charge in [0, 0.05) is 19.2 Å². The molecule has 2 aromatic rings. The van der Waals surface area contributed by atoms with Crippen LogP contribution in [0.4, 0.5) is 5.82 Å². The van der Waals surface area contributed by atoms with Gasteiger partial charge < -0.3 is 9.84 Å². The van der Waals surface area contributed by atoms with E-state index in [9.17, 15) is 0 Å². The summed E-state index contributed by atoms with van der Waals surface area (Å²) in [5, 5.41) is 6.94. The Bertz CT molecular complexity index is 512. The van der Waals surface area contributed by atoms with Crippen molar-refractivity contribution in [2.24, 2.45) is 0 Å². The Morgan fingerprint density at radius 1 is 1.41 bits per heavy atom. The monoisotopic (exact) mass is 296 g/mol. The van der Waals surface area contributed by atoms with Crippen LogP contribution in [0.25, 0.3) is 0 Å². The van der Waals surface area contributed by atoms with Gasteiger partial charge in [-0.15, -0.1) is 0 Å². The van der Waals surface area contributed by atoms with Crippen LogP contribution in [0.3, 0.4) is 0 Å². The average Bonchev–Trinajstić information content (AvgIpc) is 2.68. The molecule has 0 aliphatic carbocycles. The van der Waals surface area contributed by atoms with Crippen LogP contribution in [0, 0.1) is 13.8 Å². The number of nitrogens with zero attached hydrogens (tertiary/aromatic N) is 3. The summed E-state index contributed by atoms with van der Waals surface area (Å²) < 4.78 is 5.98. The molecule has 5 nitrogen and oxygen atoms in total. The molecule has 17 heavy (non-hydrogen) atoms. The Morgan fingerprint density at radius 3 is 2.88 bits per heavy atom. The molecule has 0 atom stereocenters. The summed E-state index contributed by atoms with van der Waals surface area (Å²) in [6.45, 7) is 4.51. The van der Waals surface area contributed by atoms with Gasteiger partial charge in [0.2, 0.25) is 5.89 Å². The van der Waals surface area contributed by atoms with Gasteiger partial charge in [0.05, 0.1) is 4.47 Å². The van der Waals surface area contributed by atoms with Crippen LogP contribution >= 0.6 is 15.9 Å². The predicted molar refractivity (Wildman–Crippen MR) is 67.9 cm³/mol. The number of nitrogens with one attached hydrogen (secondary N) is 1. The number of rotatable bonds is 4. The lowest BCUT2D eigenvalue weighted by Crippen LogP contribution is -2.07. The highest BCUT2D eigenvalue weighted by Crippen LogP contribution is 2.20. The second-order valence-electron chi connectivity index (χ2n) is 3.76. The van der Waals surface area contributed by atoms with Crippen molar-refractivity contribution in [2.45, 2.75) is 20.3 Å². The van der Waals surface area contributed by atoms with E-state index in [-0.39, 0.29) is 0 Å². The Hall–Kier alpha value is -1.43. The molecule has 1 N–H and O–H groups in total. The van der Waals surface area contributed by atoms with Crippen molar-refractivity contribution in [2.75, 3.05) is 11.9 Å². The maximum absolute atomic E-state index is 5.02. The first-order chi connectivity index (χ1) is 8.15. The van der Waals surface area contributed by atoms with Gasteiger partial charge in [-0.2, -0.15) is 4.98 Å². The van der Waals surface area contributed by atoms with E-state index >= 15 is 0 Å². The van der Waals surface area contributed by atoms with Gasteiger partial charge in [0.15, 0.2) is 5.82 Å². The fraction of sp³-hybridized carbons (Fsp3) is 0.364. The molecule has 0 aromatic carbocycles. The molecule has 0 saturated carbocycles. The van der Waals surface area contributed by atoms with Gasteiger partial charge in [-0.05, 0) is 41.4 Å². The predicted octanol–water partition coefficient (Wildman–Crippen LogP) is 2.50. The van der Waals surface area contributed by atoms with Gasteiger partial charge in [-0.3, -0.25) is 0 Å². The molecule has 2 aromatic heterocycles. The third kappa shape index (κ3) is 3.26. The van der Waals surface area contributed by atoms with Crippen LogP contribution < -0.4 is 5.32 Å². The quantitative estimate of drug-likeness (QED) is 0.939. The van der Waals surface area contributed by atoms with Crippen molar-refractivity contribution in [3.05, 3.63) is 34.0 Å². The average molecular weight is 297 g/mol. The molecule has 2 heterocycles. The number of halogens is 1. The van der Waals surface area contributed by atoms with Crippen LogP contribution in [-0.2, 0) is 6.42 Å². The lowest BCUT2D eigenvalue weighted by molar-refractivity contribution is 0.377. The van der Waals surface area contributed by atoms with E-state index < -0.39 is 0 Å². The summed E-state index contributed by atoms with van der Waals surface area (Å²) in [5.41, 5.74) is 1.12. The molecule has 0 aliphatic rings. The fourth-order valence-electron chi connectivity index (χ4n) is 1.39. The zero-order chi connectivity index (χ0) is 12.3. The highest BCUT2D eigenvalue weighted by Gasteiger charge is 2.04. The number of aryl methyl sites for hydroxylation is 2. The third-order valence-electron chi connectivity index (χ3n) is 2.18. The number of hydrogen-bond donors (Lipinski definition) is 1. The number of aromatic nitrogens is 3. The summed E-state index contributed by atoms with van der Waals surface area (Å²) in [5.74, 6) is 2.12. The summed E-state index contributed by atoms with van der Waals surface area (Å²) in [6, 6.07) is 2.02. The second kappa shape index (κ2) is 5.27. The van der Waals surface area contributed by atoms with Crippen LogP contribution in [0.2, 0.25) is 0 Å². The minimum atomic E-state index is 0.637. The highest BCUT2D eigenvalue weighted by atomic mass is 79.9. The molecule has 0 saturated heterocycles. The molecule has 0 unspecified atom stereocenters. The van der Waals surface area contributed by atoms with Crippen LogP contribution in [-0.4, -0.2) is 21.7 Å². The maximum Gasteiger partial charge on any atom is 0.228 e. The Labute approximate surface area is 108 Å². The molecule has 0 radical (unpaired) electrons. The van der Waals surface area contributed by atoms with Gasteiger partial charge in [0.1, 0.15) is 5.82 Å². The zero-order valence-electron chi connectivity index (χ0n) is 9.70. The SMILES string of the molecule is Cc1cnc(NCCc2nc(C)no2)c(Br)c1. The maximum atomic E-state index is 5.02. The van der Waals surface area contributed by atoms with E-state index in [4.69, 9.17) is 4.52 Å². The molecule has 0 fully saturated rings. The van der Waals surface area contributed by atoms with Crippen molar-refractivity contribution in [1.82, 2.24) is 15.1 Å². The fourth-order valence-corrected chi connectivity index (χ4v) is 2.00. The normalized spacial score (nSPS) is 10.5. The zero-order valence-corrected chi connectivity index (χ0v) is 11.3. The topological polar surface area (TPSA) is 63.8 Å². The van der Waals surface area contributed by atoms with Crippen LogP contribution in [0.1, 0.15) is 17.3 Å². The van der Waals surface area contributed by atoms with Gasteiger partial charge >= 0.3 is 0 Å². The van der Waals surface area contributed by atoms with Crippen molar-refractivity contribution < 1.29 is 4.52 Å². The largest absolute Gasteiger partial charge is 0.369 e. The molecular weight excluding hydrogens is 284 g/mol. The molecule has 0 spiro atoms. The van der Waals surface area contributed by atoms with Crippen molar-refractivity contribution in [3.8, 4) is 0 Å². The molecule has 90 valence electrons. The van der Waals surface area contributed by atoms with Crippen LogP contribution in [0.15, 0.2) is 21.3 Å². The Balaban J connectivity index is 1.90. The minimum absolute atomic E-state index is 0.637. The Morgan fingerprint density at radius 2 is 2.24 bits per heavy atom. The summed E-state index contributed by atoms with van der Waals surface area (Å²) in [7, 11) is 0. The number of hydrogen-bond acceptors (Lipinski definition) is 5. The molecular formula is C11H13BrN4O. The summed E-state index contributed by atoms with van der Waals surface area (Å²) in [4.78, 5) is 8.42. The second-order valence-corrected chi connectivity index (χ2v) is 4.61. The van der Waals surface area contributed by atoms with E-state index in [1.165, 1.54) is 0 Å². The minimum Gasteiger partial charge on any atom is -0.369 e. The molecule has 2 rings (SSSR count). The van der Waals surface area contributed by atoms with E-state index in [0.29, 0.717) is 24.7 Å². The summed E-state index contributed by atoms with van der Waals surface area (Å²) in [6.07, 6.45) is 2.51. The number of pyridine rings is 1. The molecule has 6 heteroatoms. The van der Waals surface area contributed by atoms with Crippen molar-refractivity contribution in [3.63, 3.8) is 0 Å². The van der Waals surface area contributed by atoms with Gasteiger partial charge in [0.25, 0.3) is 0 Å². The van der Waals surface area contributed by atoms with Crippen LogP contribution in [0.5, 0.6) is 0 Å². The first kappa shape index (κ1) is 12.0. The van der Waals surface area contributed by atoms with E-state index in [1.54, 1.807) is 6.92 Å². The Kier molecular flexibility index (Phi) is 3.73. The number of anilines is 1. The molecule has 0 bridgehead atoms. The van der Waals surface area contributed by atoms with E-state index in [1.807, 2.05) is 19.2 Å². The standard InChI is InChI=1S/C11H13BrN4O/c1-7-5-9(12)11(14-6-7)13-4-3-10-15-8(2)16-17-10/h5-6H,3-4H2,1-2H3,(H,13,14). The van der Waals surface area contributed by atoms with Crippen molar-refractivity contribution in [1.29, 1.82) is 0 Å². The lowest BCUT2D eigenvalue weighted by atomic mass is 10.3. The smallest absolute Gasteiger partial charge is 0.228 e. The highest BCUT2D eigenvalue weighted by molar-refractivity contribution is 9.10. The third-order valence-corrected chi connectivity index (χ3v) is 2.78. The first-order valence-corrected chi connectivity index (χ1v) is 6.09. The molecule has 0 aliphatic heterocycles. The summed E-state index contributed by atoms with van der Waals surface area (Å²) >= 11 is 3.46. The van der Waals surface area contributed by atoms with E-state index in [2.05, 4.69) is 36.4 Å². The molecule has 0 amide bonds. The van der Waals surface area contributed by atoms with Gasteiger partial charge in [-0.25, -0.2) is 4.98 Å². The van der Waals surface area contributed by atoms with Gasteiger partial charge in [-0.1, -0.05) is 5.16 Å². The first-order valence-electron chi connectivity index (χ1n) is 5.30.